The van der Waals surface area contributed by atoms with Crippen LogP contribution in [0.5, 0.6) is 10.9 Å². The van der Waals surface area contributed by atoms with E-state index < -0.39 is 11.7 Å². The van der Waals surface area contributed by atoms with Crippen molar-refractivity contribution >= 4 is 28.9 Å². The number of ether oxygens (including phenoxy) is 1. The summed E-state index contributed by atoms with van der Waals surface area (Å²) in [5.74, 6) is 0.721. The minimum Gasteiger partial charge on any atom is -0.477 e. The van der Waals surface area contributed by atoms with E-state index in [1.54, 1.807) is 42.7 Å². The fraction of sp³-hybridized carbons (Fsp3) is 0.458. The van der Waals surface area contributed by atoms with Crippen LogP contribution in [-0.2, 0) is 13.1 Å². The summed E-state index contributed by atoms with van der Waals surface area (Å²) in [6.07, 6.45) is 4.36. The molecule has 0 saturated heterocycles. The fourth-order valence-corrected chi connectivity index (χ4v) is 5.06. The largest absolute Gasteiger partial charge is 0.477 e. The first kappa shape index (κ1) is 24.6. The molecule has 0 unspecified atom stereocenters. The van der Waals surface area contributed by atoms with Gasteiger partial charge in [0, 0.05) is 18.8 Å². The van der Waals surface area contributed by atoms with E-state index in [4.69, 9.17) is 4.74 Å². The summed E-state index contributed by atoms with van der Waals surface area (Å²) in [5.41, 5.74) is 0.0864. The van der Waals surface area contributed by atoms with Gasteiger partial charge in [0.05, 0.1) is 5.69 Å². The number of benzene rings is 1. The number of rotatable bonds is 8. The van der Waals surface area contributed by atoms with E-state index in [1.165, 1.54) is 0 Å². The van der Waals surface area contributed by atoms with Crippen molar-refractivity contribution in [3.63, 3.8) is 0 Å². The number of aryl methyl sites for hydroxylation is 1. The number of hydrogen-bond acceptors (Lipinski definition) is 8. The molecule has 186 valence electrons. The standard InChI is InChI=1S/C24H29N5O5S/c1-4-28-22(32)27-21(29(24(28)33)13-16-7-5-14(2)6-8-16)26-17-9-11-18(12-10-17)34-23-25-15(3)19(35-23)20(30)31/h9-12,14,16H,4-8,13H2,1-3H3,(H,30,31)(H,26,27,32). The maximum atomic E-state index is 13.1. The van der Waals surface area contributed by atoms with Crippen LogP contribution < -0.4 is 21.4 Å². The fourth-order valence-electron chi connectivity index (χ4n) is 4.28. The highest BCUT2D eigenvalue weighted by Gasteiger charge is 2.22. The van der Waals surface area contributed by atoms with Gasteiger partial charge in [-0.1, -0.05) is 31.1 Å². The Morgan fingerprint density at radius 3 is 2.43 bits per heavy atom. The minimum atomic E-state index is -1.04. The van der Waals surface area contributed by atoms with Crippen LogP contribution in [0.2, 0.25) is 0 Å². The molecule has 0 aliphatic heterocycles. The monoisotopic (exact) mass is 499 g/mol. The minimum absolute atomic E-state index is 0.136. The van der Waals surface area contributed by atoms with Crippen molar-refractivity contribution in [2.75, 3.05) is 5.32 Å². The molecular formula is C24H29N5O5S. The number of carbonyl (C=O) groups is 1. The first-order valence-electron chi connectivity index (χ1n) is 11.7. The molecule has 2 aromatic heterocycles. The number of aromatic nitrogens is 4. The molecule has 4 rings (SSSR count). The zero-order valence-corrected chi connectivity index (χ0v) is 20.8. The van der Waals surface area contributed by atoms with Gasteiger partial charge in [0.2, 0.25) is 5.95 Å². The van der Waals surface area contributed by atoms with Crippen LogP contribution in [0.4, 0.5) is 11.6 Å². The summed E-state index contributed by atoms with van der Waals surface area (Å²) < 4.78 is 8.41. The second-order valence-electron chi connectivity index (χ2n) is 8.93. The first-order valence-corrected chi connectivity index (χ1v) is 12.5. The molecule has 3 aromatic rings. The van der Waals surface area contributed by atoms with Gasteiger partial charge >= 0.3 is 17.3 Å². The molecule has 2 N–H and O–H groups in total. The van der Waals surface area contributed by atoms with Crippen molar-refractivity contribution in [2.24, 2.45) is 11.8 Å². The molecule has 1 aromatic carbocycles. The Morgan fingerprint density at radius 1 is 1.14 bits per heavy atom. The van der Waals surface area contributed by atoms with Crippen LogP contribution >= 0.6 is 11.3 Å². The van der Waals surface area contributed by atoms with E-state index in [0.29, 0.717) is 35.5 Å². The average molecular weight is 500 g/mol. The first-order chi connectivity index (χ1) is 16.7. The Hall–Kier alpha value is -3.47. The van der Waals surface area contributed by atoms with Crippen LogP contribution in [0, 0.1) is 18.8 Å². The lowest BCUT2D eigenvalue weighted by atomic mass is 9.83. The van der Waals surface area contributed by atoms with E-state index >= 15 is 0 Å². The van der Waals surface area contributed by atoms with Gasteiger partial charge in [-0.05, 0) is 62.8 Å². The highest BCUT2D eigenvalue weighted by molar-refractivity contribution is 7.15. The Morgan fingerprint density at radius 2 is 1.83 bits per heavy atom. The van der Waals surface area contributed by atoms with E-state index in [0.717, 1.165) is 41.6 Å². The van der Waals surface area contributed by atoms with Crippen LogP contribution in [-0.4, -0.2) is 30.2 Å². The Bertz CT molecular complexity index is 1320. The van der Waals surface area contributed by atoms with Crippen molar-refractivity contribution < 1.29 is 14.6 Å². The van der Waals surface area contributed by atoms with Gasteiger partial charge in [0.25, 0.3) is 5.19 Å². The molecule has 10 nitrogen and oxygen atoms in total. The summed E-state index contributed by atoms with van der Waals surface area (Å²) in [4.78, 5) is 45.2. The summed E-state index contributed by atoms with van der Waals surface area (Å²) in [5, 5.41) is 12.5. The number of anilines is 2. The van der Waals surface area contributed by atoms with E-state index in [9.17, 15) is 19.5 Å². The van der Waals surface area contributed by atoms with Gasteiger partial charge in [0.1, 0.15) is 10.6 Å². The Labute approximate surface area is 206 Å². The number of nitrogens with zero attached hydrogens (tertiary/aromatic N) is 4. The highest BCUT2D eigenvalue weighted by atomic mass is 32.1. The molecule has 0 radical (unpaired) electrons. The molecular weight excluding hydrogens is 470 g/mol. The van der Waals surface area contributed by atoms with Gasteiger partial charge in [-0.2, -0.15) is 4.98 Å². The predicted molar refractivity (Wildman–Crippen MR) is 133 cm³/mol. The quantitative estimate of drug-likeness (QED) is 0.471. The van der Waals surface area contributed by atoms with Gasteiger partial charge in [-0.25, -0.2) is 23.9 Å². The predicted octanol–water partition coefficient (Wildman–Crippen LogP) is 4.25. The third-order valence-electron chi connectivity index (χ3n) is 6.33. The van der Waals surface area contributed by atoms with Crippen molar-refractivity contribution in [3.05, 3.63) is 55.8 Å². The van der Waals surface area contributed by atoms with Gasteiger partial charge in [-0.3, -0.25) is 4.57 Å². The maximum absolute atomic E-state index is 13.1. The van der Waals surface area contributed by atoms with E-state index in [2.05, 4.69) is 22.2 Å². The molecule has 11 heteroatoms. The zero-order valence-electron chi connectivity index (χ0n) is 20.0. The lowest BCUT2D eigenvalue weighted by Gasteiger charge is -2.27. The Kier molecular flexibility index (Phi) is 7.34. The summed E-state index contributed by atoms with van der Waals surface area (Å²) in [7, 11) is 0. The number of carboxylic acid groups (broad SMARTS) is 1. The molecule has 2 heterocycles. The summed E-state index contributed by atoms with van der Waals surface area (Å²) in [6.45, 7) is 6.40. The molecule has 1 saturated carbocycles. The van der Waals surface area contributed by atoms with Gasteiger partial charge in [-0.15, -0.1) is 0 Å². The molecule has 1 fully saturated rings. The lowest BCUT2D eigenvalue weighted by Crippen LogP contribution is -2.43. The smallest absolute Gasteiger partial charge is 0.354 e. The summed E-state index contributed by atoms with van der Waals surface area (Å²) in [6, 6.07) is 6.85. The number of thiazole rings is 1. The van der Waals surface area contributed by atoms with Crippen molar-refractivity contribution in [3.8, 4) is 10.9 Å². The second-order valence-corrected chi connectivity index (χ2v) is 9.89. The van der Waals surface area contributed by atoms with Crippen molar-refractivity contribution in [1.82, 2.24) is 19.1 Å². The van der Waals surface area contributed by atoms with Crippen LogP contribution in [0.1, 0.15) is 54.9 Å². The normalized spacial score (nSPS) is 17.8. The number of nitrogens with one attached hydrogen (secondary N) is 1. The summed E-state index contributed by atoms with van der Waals surface area (Å²) >= 11 is 0.961. The third-order valence-corrected chi connectivity index (χ3v) is 7.35. The topological polar surface area (TPSA) is 128 Å². The van der Waals surface area contributed by atoms with Gasteiger partial charge < -0.3 is 15.2 Å². The van der Waals surface area contributed by atoms with E-state index in [-0.39, 0.29) is 28.3 Å². The molecule has 0 amide bonds. The molecule has 0 bridgehead atoms. The number of hydrogen-bond donors (Lipinski definition) is 2. The lowest BCUT2D eigenvalue weighted by molar-refractivity contribution is 0.0701. The van der Waals surface area contributed by atoms with Crippen molar-refractivity contribution in [2.45, 2.75) is 59.5 Å². The molecule has 1 aliphatic carbocycles. The average Bonchev–Trinajstić information content (AvgIpc) is 3.19. The maximum Gasteiger partial charge on any atom is 0.354 e. The molecule has 0 spiro atoms. The second kappa shape index (κ2) is 10.4. The van der Waals surface area contributed by atoms with E-state index in [1.807, 2.05) is 0 Å². The third kappa shape index (κ3) is 5.61. The van der Waals surface area contributed by atoms with Crippen molar-refractivity contribution in [1.29, 1.82) is 0 Å². The van der Waals surface area contributed by atoms with Gasteiger partial charge in [0.15, 0.2) is 0 Å². The van der Waals surface area contributed by atoms with Crippen LogP contribution in [0.25, 0.3) is 0 Å². The number of aromatic carboxylic acids is 1. The number of carboxylic acids is 1. The Balaban J connectivity index is 1.55. The highest BCUT2D eigenvalue weighted by Crippen LogP contribution is 2.31. The van der Waals surface area contributed by atoms with Crippen LogP contribution in [0.3, 0.4) is 0 Å². The van der Waals surface area contributed by atoms with Crippen LogP contribution in [0.15, 0.2) is 33.9 Å². The SMILES string of the molecule is CCn1c(=O)nc(Nc2ccc(Oc3nc(C)c(C(=O)O)s3)cc2)n(CC2CCC(C)CC2)c1=O. The zero-order chi connectivity index (χ0) is 25.1. The molecule has 0 atom stereocenters. The molecule has 35 heavy (non-hydrogen) atoms. The molecule has 1 aliphatic rings.